The van der Waals surface area contributed by atoms with Crippen LogP contribution in [0.3, 0.4) is 0 Å². The highest BCUT2D eigenvalue weighted by atomic mass is 32.2. The Hall–Kier alpha value is -0.170. The standard InChI is InChI=1S/C5H13NO4S/c1-4(6)5(2-3-7)11(8,9)10/h4-5,7H,2-3,6H2,1H3,(H,8,9,10). The average molecular weight is 183 g/mol. The smallest absolute Gasteiger partial charge is 0.269 e. The van der Waals surface area contributed by atoms with Gasteiger partial charge in [-0.2, -0.15) is 8.42 Å². The van der Waals surface area contributed by atoms with Crippen LogP contribution in [0.15, 0.2) is 0 Å². The fraction of sp³-hybridized carbons (Fsp3) is 1.00. The lowest BCUT2D eigenvalue weighted by Gasteiger charge is -2.15. The molecule has 11 heavy (non-hydrogen) atoms. The molecule has 0 bridgehead atoms. The molecule has 0 aliphatic rings. The van der Waals surface area contributed by atoms with Crippen LogP contribution in [0.2, 0.25) is 0 Å². The molecular weight excluding hydrogens is 170 g/mol. The molecule has 0 aliphatic carbocycles. The first-order valence-corrected chi connectivity index (χ1v) is 4.72. The van der Waals surface area contributed by atoms with Crippen molar-refractivity contribution in [1.29, 1.82) is 0 Å². The van der Waals surface area contributed by atoms with E-state index in [4.69, 9.17) is 15.4 Å². The van der Waals surface area contributed by atoms with Gasteiger partial charge in [0.15, 0.2) is 0 Å². The minimum Gasteiger partial charge on any atom is -0.396 e. The van der Waals surface area contributed by atoms with Crippen LogP contribution in [0.25, 0.3) is 0 Å². The van der Waals surface area contributed by atoms with Gasteiger partial charge in [0.25, 0.3) is 10.1 Å². The maximum absolute atomic E-state index is 10.5. The van der Waals surface area contributed by atoms with Crippen molar-refractivity contribution in [3.63, 3.8) is 0 Å². The van der Waals surface area contributed by atoms with Gasteiger partial charge < -0.3 is 10.8 Å². The summed E-state index contributed by atoms with van der Waals surface area (Å²) < 4.78 is 29.6. The van der Waals surface area contributed by atoms with Crippen LogP contribution >= 0.6 is 0 Å². The molecule has 0 aromatic carbocycles. The van der Waals surface area contributed by atoms with Gasteiger partial charge in [0.05, 0.1) is 0 Å². The van der Waals surface area contributed by atoms with Gasteiger partial charge in [-0.15, -0.1) is 0 Å². The third kappa shape index (κ3) is 3.66. The van der Waals surface area contributed by atoms with Crippen molar-refractivity contribution in [3.05, 3.63) is 0 Å². The predicted molar refractivity (Wildman–Crippen MR) is 40.7 cm³/mol. The second-order valence-electron chi connectivity index (χ2n) is 2.42. The molecule has 2 unspecified atom stereocenters. The Labute approximate surface area is 66.0 Å². The summed E-state index contributed by atoms with van der Waals surface area (Å²) >= 11 is 0. The van der Waals surface area contributed by atoms with Gasteiger partial charge in [0.1, 0.15) is 5.25 Å². The van der Waals surface area contributed by atoms with Crippen molar-refractivity contribution >= 4 is 10.1 Å². The van der Waals surface area contributed by atoms with Crippen LogP contribution in [-0.4, -0.2) is 36.0 Å². The van der Waals surface area contributed by atoms with Gasteiger partial charge in [-0.25, -0.2) is 0 Å². The highest BCUT2D eigenvalue weighted by Gasteiger charge is 2.25. The lowest BCUT2D eigenvalue weighted by Crippen LogP contribution is -2.38. The molecule has 0 rings (SSSR count). The number of aliphatic hydroxyl groups excluding tert-OH is 1. The van der Waals surface area contributed by atoms with Crippen molar-refractivity contribution in [1.82, 2.24) is 0 Å². The van der Waals surface area contributed by atoms with Crippen LogP contribution in [0.5, 0.6) is 0 Å². The Balaban J connectivity index is 4.36. The molecule has 0 saturated carbocycles. The van der Waals surface area contributed by atoms with Crippen molar-refractivity contribution in [3.8, 4) is 0 Å². The maximum Gasteiger partial charge on any atom is 0.269 e. The van der Waals surface area contributed by atoms with E-state index >= 15 is 0 Å². The van der Waals surface area contributed by atoms with Gasteiger partial charge in [0, 0.05) is 12.6 Å². The average Bonchev–Trinajstić information content (AvgIpc) is 1.79. The molecule has 0 heterocycles. The second kappa shape index (κ2) is 4.01. The van der Waals surface area contributed by atoms with E-state index in [0.29, 0.717) is 0 Å². The highest BCUT2D eigenvalue weighted by molar-refractivity contribution is 7.86. The third-order valence-electron chi connectivity index (χ3n) is 1.38. The lowest BCUT2D eigenvalue weighted by atomic mass is 10.2. The molecule has 0 aromatic heterocycles. The zero-order valence-corrected chi connectivity index (χ0v) is 7.08. The number of nitrogens with two attached hydrogens (primary N) is 1. The quantitative estimate of drug-likeness (QED) is 0.484. The van der Waals surface area contributed by atoms with Gasteiger partial charge in [-0.05, 0) is 13.3 Å². The number of rotatable bonds is 4. The molecule has 68 valence electrons. The van der Waals surface area contributed by atoms with E-state index in [2.05, 4.69) is 0 Å². The molecule has 4 N–H and O–H groups in total. The Morgan fingerprint density at radius 3 is 2.09 bits per heavy atom. The van der Waals surface area contributed by atoms with E-state index in [1.54, 1.807) is 0 Å². The molecule has 0 spiro atoms. The fourth-order valence-corrected chi connectivity index (χ4v) is 1.76. The van der Waals surface area contributed by atoms with Crippen LogP contribution in [0, 0.1) is 0 Å². The minimum absolute atomic E-state index is 0.0312. The van der Waals surface area contributed by atoms with Gasteiger partial charge in [-0.3, -0.25) is 4.55 Å². The minimum atomic E-state index is -4.11. The molecule has 5 nitrogen and oxygen atoms in total. The molecular formula is C5H13NO4S. The topological polar surface area (TPSA) is 101 Å². The zero-order valence-electron chi connectivity index (χ0n) is 6.27. The number of aliphatic hydroxyl groups is 1. The second-order valence-corrected chi connectivity index (χ2v) is 4.06. The summed E-state index contributed by atoms with van der Waals surface area (Å²) in [6.07, 6.45) is -0.0312. The highest BCUT2D eigenvalue weighted by Crippen LogP contribution is 2.06. The Morgan fingerprint density at radius 1 is 1.55 bits per heavy atom. The lowest BCUT2D eigenvalue weighted by molar-refractivity contribution is 0.278. The molecule has 0 saturated heterocycles. The predicted octanol–water partition coefficient (Wildman–Crippen LogP) is -1.03. The summed E-state index contributed by atoms with van der Waals surface area (Å²) in [5.74, 6) is 0. The Morgan fingerprint density at radius 2 is 2.00 bits per heavy atom. The summed E-state index contributed by atoms with van der Waals surface area (Å²) in [5, 5.41) is 7.36. The van der Waals surface area contributed by atoms with E-state index in [-0.39, 0.29) is 13.0 Å². The van der Waals surface area contributed by atoms with E-state index < -0.39 is 21.4 Å². The summed E-state index contributed by atoms with van der Waals surface area (Å²) in [7, 11) is -4.11. The summed E-state index contributed by atoms with van der Waals surface area (Å²) in [5.41, 5.74) is 5.26. The first-order valence-electron chi connectivity index (χ1n) is 3.22. The van der Waals surface area contributed by atoms with Crippen LogP contribution in [0.1, 0.15) is 13.3 Å². The summed E-state index contributed by atoms with van der Waals surface area (Å²) in [4.78, 5) is 0. The monoisotopic (exact) mass is 183 g/mol. The Bertz CT molecular complexity index is 199. The molecule has 6 heteroatoms. The first kappa shape index (κ1) is 10.8. The van der Waals surface area contributed by atoms with Gasteiger partial charge in [0.2, 0.25) is 0 Å². The van der Waals surface area contributed by atoms with E-state index in [0.717, 1.165) is 0 Å². The largest absolute Gasteiger partial charge is 0.396 e. The number of hydrogen-bond acceptors (Lipinski definition) is 4. The fourth-order valence-electron chi connectivity index (χ4n) is 0.810. The molecule has 0 radical (unpaired) electrons. The molecule has 0 aliphatic heterocycles. The molecule has 0 fully saturated rings. The van der Waals surface area contributed by atoms with Crippen molar-refractivity contribution in [2.24, 2.45) is 5.73 Å². The normalized spacial score (nSPS) is 17.8. The first-order chi connectivity index (χ1) is 4.89. The summed E-state index contributed by atoms with van der Waals surface area (Å²) in [6, 6.07) is -0.669. The Kier molecular flexibility index (Phi) is 3.95. The van der Waals surface area contributed by atoms with Crippen LogP contribution in [-0.2, 0) is 10.1 Å². The van der Waals surface area contributed by atoms with E-state index in [1.165, 1.54) is 6.92 Å². The van der Waals surface area contributed by atoms with Crippen LogP contribution < -0.4 is 5.73 Å². The summed E-state index contributed by atoms with van der Waals surface area (Å²) in [6.45, 7) is 1.17. The molecule has 0 aromatic rings. The molecule has 0 amide bonds. The van der Waals surface area contributed by atoms with Crippen molar-refractivity contribution in [2.45, 2.75) is 24.6 Å². The van der Waals surface area contributed by atoms with Crippen molar-refractivity contribution < 1.29 is 18.1 Å². The van der Waals surface area contributed by atoms with Crippen LogP contribution in [0.4, 0.5) is 0 Å². The van der Waals surface area contributed by atoms with Crippen molar-refractivity contribution in [2.75, 3.05) is 6.61 Å². The van der Waals surface area contributed by atoms with E-state index in [1.807, 2.05) is 0 Å². The third-order valence-corrected chi connectivity index (χ3v) is 2.81. The van der Waals surface area contributed by atoms with Gasteiger partial charge >= 0.3 is 0 Å². The number of hydrogen-bond donors (Lipinski definition) is 3. The molecule has 2 atom stereocenters. The van der Waals surface area contributed by atoms with Gasteiger partial charge in [-0.1, -0.05) is 0 Å². The van der Waals surface area contributed by atoms with E-state index in [9.17, 15) is 8.42 Å². The SMILES string of the molecule is CC(N)C(CCO)S(=O)(=O)O. The maximum atomic E-state index is 10.5. The zero-order chi connectivity index (χ0) is 9.07.